The Morgan fingerprint density at radius 1 is 0.950 bits per heavy atom. The van der Waals surface area contributed by atoms with Gasteiger partial charge in [-0.25, -0.2) is 4.98 Å². The molecule has 0 radical (unpaired) electrons. The van der Waals surface area contributed by atoms with Crippen molar-refractivity contribution in [2.45, 2.75) is 13.8 Å². The van der Waals surface area contributed by atoms with Crippen LogP contribution in [0.5, 0.6) is 11.6 Å². The van der Waals surface area contributed by atoms with E-state index in [1.54, 1.807) is 0 Å². The van der Waals surface area contributed by atoms with Crippen molar-refractivity contribution in [2.75, 3.05) is 0 Å². The molecule has 3 rings (SSSR count). The van der Waals surface area contributed by atoms with Crippen molar-refractivity contribution in [1.82, 2.24) is 9.97 Å². The van der Waals surface area contributed by atoms with E-state index in [9.17, 15) is 0 Å². The summed E-state index contributed by atoms with van der Waals surface area (Å²) in [5.74, 6) is 1.26. The molecule has 0 fully saturated rings. The van der Waals surface area contributed by atoms with Crippen LogP contribution >= 0.6 is 11.6 Å². The molecule has 0 amide bonds. The van der Waals surface area contributed by atoms with E-state index in [1.807, 2.05) is 56.3 Å². The Balaban J connectivity index is 2.13. The van der Waals surface area contributed by atoms with Gasteiger partial charge >= 0.3 is 0 Å². The van der Waals surface area contributed by atoms with Crippen LogP contribution in [0.3, 0.4) is 0 Å². The Hall–Kier alpha value is -2.13. The van der Waals surface area contributed by atoms with E-state index in [0.717, 1.165) is 22.2 Å². The molecule has 20 heavy (non-hydrogen) atoms. The third-order valence-electron chi connectivity index (χ3n) is 3.30. The molecule has 1 heterocycles. The number of aromatic nitrogens is 2. The molecule has 4 heteroatoms. The van der Waals surface area contributed by atoms with Crippen LogP contribution in [0.4, 0.5) is 0 Å². The Morgan fingerprint density at radius 3 is 2.60 bits per heavy atom. The first-order valence-corrected chi connectivity index (χ1v) is 6.69. The highest BCUT2D eigenvalue weighted by Crippen LogP contribution is 2.31. The minimum atomic E-state index is 0.184. The van der Waals surface area contributed by atoms with E-state index in [0.29, 0.717) is 5.88 Å². The molecule has 3 aromatic rings. The Morgan fingerprint density at radius 2 is 1.75 bits per heavy atom. The van der Waals surface area contributed by atoms with E-state index in [4.69, 9.17) is 16.3 Å². The molecule has 0 saturated carbocycles. The first-order valence-electron chi connectivity index (χ1n) is 6.31. The van der Waals surface area contributed by atoms with E-state index in [2.05, 4.69) is 9.97 Å². The van der Waals surface area contributed by atoms with Crippen molar-refractivity contribution < 1.29 is 4.74 Å². The number of hydrogen-bond donors (Lipinski definition) is 0. The van der Waals surface area contributed by atoms with Crippen LogP contribution in [0.15, 0.2) is 42.5 Å². The van der Waals surface area contributed by atoms with Crippen LogP contribution in [-0.4, -0.2) is 9.97 Å². The van der Waals surface area contributed by atoms with Crippen LogP contribution in [0, 0.1) is 13.8 Å². The van der Waals surface area contributed by atoms with Crippen LogP contribution in [0.1, 0.15) is 11.1 Å². The fraction of sp³-hybridized carbons (Fsp3) is 0.125. The molecule has 0 atom stereocenters. The number of hydrogen-bond acceptors (Lipinski definition) is 3. The van der Waals surface area contributed by atoms with Crippen molar-refractivity contribution in [3.63, 3.8) is 0 Å². The second kappa shape index (κ2) is 5.10. The summed E-state index contributed by atoms with van der Waals surface area (Å²) in [5.41, 5.74) is 3.03. The van der Waals surface area contributed by atoms with Crippen LogP contribution < -0.4 is 4.74 Å². The summed E-state index contributed by atoms with van der Waals surface area (Å²) >= 11 is 5.96. The molecule has 0 bridgehead atoms. The Labute approximate surface area is 122 Å². The van der Waals surface area contributed by atoms with E-state index in [-0.39, 0.29) is 5.28 Å². The Kier molecular flexibility index (Phi) is 3.28. The van der Waals surface area contributed by atoms with Gasteiger partial charge < -0.3 is 4.74 Å². The molecule has 2 aromatic carbocycles. The van der Waals surface area contributed by atoms with Crippen molar-refractivity contribution in [1.29, 1.82) is 0 Å². The molecule has 0 spiro atoms. The van der Waals surface area contributed by atoms with Crippen molar-refractivity contribution in [3.05, 3.63) is 58.9 Å². The maximum atomic E-state index is 5.96. The number of halogens is 1. The molecule has 0 saturated heterocycles. The lowest BCUT2D eigenvalue weighted by Gasteiger charge is -2.11. The van der Waals surface area contributed by atoms with Crippen molar-refractivity contribution >= 4 is 22.5 Å². The average molecular weight is 285 g/mol. The normalized spacial score (nSPS) is 10.8. The molecule has 3 nitrogen and oxygen atoms in total. The summed E-state index contributed by atoms with van der Waals surface area (Å²) in [6, 6.07) is 13.6. The largest absolute Gasteiger partial charge is 0.438 e. The maximum absolute atomic E-state index is 5.96. The lowest BCUT2D eigenvalue weighted by Crippen LogP contribution is -1.95. The molecule has 1 aromatic heterocycles. The average Bonchev–Trinajstić information content (AvgIpc) is 2.43. The molecule has 0 N–H and O–H groups in total. The second-order valence-corrected chi connectivity index (χ2v) is 4.95. The van der Waals surface area contributed by atoms with Gasteiger partial charge in [-0.3, -0.25) is 0 Å². The van der Waals surface area contributed by atoms with Gasteiger partial charge in [-0.15, -0.1) is 0 Å². The van der Waals surface area contributed by atoms with Crippen molar-refractivity contribution in [3.8, 4) is 11.6 Å². The van der Waals surface area contributed by atoms with Gasteiger partial charge in [-0.2, -0.15) is 4.98 Å². The summed E-state index contributed by atoms with van der Waals surface area (Å²) in [7, 11) is 0. The number of rotatable bonds is 2. The van der Waals surface area contributed by atoms with Gasteiger partial charge in [0.15, 0.2) is 0 Å². The number of para-hydroxylation sites is 1. The fourth-order valence-corrected chi connectivity index (χ4v) is 2.20. The first kappa shape index (κ1) is 12.9. The molecule has 100 valence electrons. The predicted octanol–water partition coefficient (Wildman–Crippen LogP) is 4.69. The standard InChI is InChI=1S/C16H13ClN2O/c1-10-6-5-9-14(11(10)2)20-15-12-7-3-4-8-13(12)18-16(17)19-15/h3-9H,1-2H3. The third-order valence-corrected chi connectivity index (χ3v) is 3.47. The predicted molar refractivity (Wildman–Crippen MR) is 80.5 cm³/mol. The summed E-state index contributed by atoms with van der Waals surface area (Å²) < 4.78 is 5.95. The number of benzene rings is 2. The maximum Gasteiger partial charge on any atom is 0.231 e. The summed E-state index contributed by atoms with van der Waals surface area (Å²) in [6.07, 6.45) is 0. The lowest BCUT2D eigenvalue weighted by atomic mass is 10.1. The number of ether oxygens (including phenoxy) is 1. The van der Waals surface area contributed by atoms with Crippen LogP contribution in [0.2, 0.25) is 5.28 Å². The van der Waals surface area contributed by atoms with Gasteiger partial charge in [0.25, 0.3) is 0 Å². The van der Waals surface area contributed by atoms with Gasteiger partial charge in [0, 0.05) is 0 Å². The number of nitrogens with zero attached hydrogens (tertiary/aromatic N) is 2. The minimum Gasteiger partial charge on any atom is -0.438 e. The van der Waals surface area contributed by atoms with E-state index in [1.165, 1.54) is 5.56 Å². The molecular weight excluding hydrogens is 272 g/mol. The van der Waals surface area contributed by atoms with Gasteiger partial charge in [0.2, 0.25) is 11.2 Å². The molecule has 0 aliphatic carbocycles. The van der Waals surface area contributed by atoms with E-state index < -0.39 is 0 Å². The second-order valence-electron chi connectivity index (χ2n) is 4.62. The van der Waals surface area contributed by atoms with Gasteiger partial charge in [-0.05, 0) is 54.8 Å². The quantitative estimate of drug-likeness (QED) is 0.640. The lowest BCUT2D eigenvalue weighted by molar-refractivity contribution is 0.464. The SMILES string of the molecule is Cc1cccc(Oc2nc(Cl)nc3ccccc23)c1C. The molecule has 0 aliphatic rings. The highest BCUT2D eigenvalue weighted by atomic mass is 35.5. The van der Waals surface area contributed by atoms with Gasteiger partial charge in [0.05, 0.1) is 10.9 Å². The summed E-state index contributed by atoms with van der Waals surface area (Å²) in [5, 5.41) is 1.03. The summed E-state index contributed by atoms with van der Waals surface area (Å²) in [6.45, 7) is 4.07. The van der Waals surface area contributed by atoms with Gasteiger partial charge in [-0.1, -0.05) is 24.3 Å². The van der Waals surface area contributed by atoms with E-state index >= 15 is 0 Å². The zero-order chi connectivity index (χ0) is 14.1. The smallest absolute Gasteiger partial charge is 0.231 e. The van der Waals surface area contributed by atoms with Crippen LogP contribution in [0.25, 0.3) is 10.9 Å². The summed E-state index contributed by atoms with van der Waals surface area (Å²) in [4.78, 5) is 8.39. The number of aryl methyl sites for hydroxylation is 1. The highest BCUT2D eigenvalue weighted by Gasteiger charge is 2.10. The van der Waals surface area contributed by atoms with Crippen LogP contribution in [-0.2, 0) is 0 Å². The number of fused-ring (bicyclic) bond motifs is 1. The zero-order valence-electron chi connectivity index (χ0n) is 11.2. The molecule has 0 aliphatic heterocycles. The third kappa shape index (κ3) is 2.32. The topological polar surface area (TPSA) is 35.0 Å². The molecule has 0 unspecified atom stereocenters. The minimum absolute atomic E-state index is 0.184. The first-order chi connectivity index (χ1) is 9.65. The Bertz CT molecular complexity index is 787. The molecular formula is C16H13ClN2O. The monoisotopic (exact) mass is 284 g/mol. The van der Waals surface area contributed by atoms with Gasteiger partial charge in [0.1, 0.15) is 5.75 Å². The fourth-order valence-electron chi connectivity index (χ4n) is 2.04. The highest BCUT2D eigenvalue weighted by molar-refractivity contribution is 6.28. The zero-order valence-corrected chi connectivity index (χ0v) is 12.0. The van der Waals surface area contributed by atoms with Crippen molar-refractivity contribution in [2.24, 2.45) is 0 Å².